The van der Waals surface area contributed by atoms with Crippen molar-refractivity contribution < 1.29 is 17.9 Å². The Morgan fingerprint density at radius 2 is 1.67 bits per heavy atom. The SMILES string of the molecule is I.NC(=NCCc1ccccc1OC(F)(F)F)Nc1ccccc1. The summed E-state index contributed by atoms with van der Waals surface area (Å²) >= 11 is 0. The summed E-state index contributed by atoms with van der Waals surface area (Å²) in [6.45, 7) is 0.240. The number of guanidine groups is 1. The van der Waals surface area contributed by atoms with Crippen LogP contribution >= 0.6 is 24.0 Å². The van der Waals surface area contributed by atoms with Crippen LogP contribution in [0, 0.1) is 0 Å². The highest BCUT2D eigenvalue weighted by Crippen LogP contribution is 2.26. The molecule has 0 radical (unpaired) electrons. The number of hydrogen-bond donors (Lipinski definition) is 2. The second kappa shape index (κ2) is 9.36. The van der Waals surface area contributed by atoms with E-state index in [4.69, 9.17) is 5.73 Å². The molecule has 8 heteroatoms. The number of benzene rings is 2. The van der Waals surface area contributed by atoms with Crippen LogP contribution in [0.5, 0.6) is 5.75 Å². The van der Waals surface area contributed by atoms with Crippen molar-refractivity contribution in [2.24, 2.45) is 10.7 Å². The van der Waals surface area contributed by atoms with E-state index in [-0.39, 0.29) is 48.7 Å². The van der Waals surface area contributed by atoms with Gasteiger partial charge in [0, 0.05) is 12.2 Å². The molecule has 4 nitrogen and oxygen atoms in total. The first-order valence-electron chi connectivity index (χ1n) is 6.90. The zero-order valence-corrected chi connectivity index (χ0v) is 14.9. The largest absolute Gasteiger partial charge is 0.573 e. The molecule has 0 atom stereocenters. The summed E-state index contributed by atoms with van der Waals surface area (Å²) < 4.78 is 41.0. The van der Waals surface area contributed by atoms with Crippen LogP contribution < -0.4 is 15.8 Å². The van der Waals surface area contributed by atoms with Crippen molar-refractivity contribution in [2.75, 3.05) is 11.9 Å². The number of anilines is 1. The minimum atomic E-state index is -4.72. The summed E-state index contributed by atoms with van der Waals surface area (Å²) in [6.07, 6.45) is -4.43. The molecule has 2 aromatic carbocycles. The van der Waals surface area contributed by atoms with Crippen LogP contribution in [0.15, 0.2) is 59.6 Å². The maximum Gasteiger partial charge on any atom is 0.573 e. The fourth-order valence-corrected chi connectivity index (χ4v) is 1.94. The van der Waals surface area contributed by atoms with Gasteiger partial charge in [0.2, 0.25) is 0 Å². The van der Waals surface area contributed by atoms with E-state index in [9.17, 15) is 13.2 Å². The van der Waals surface area contributed by atoms with Crippen molar-refractivity contribution in [3.63, 3.8) is 0 Å². The molecule has 0 bridgehead atoms. The molecule has 130 valence electrons. The van der Waals surface area contributed by atoms with Crippen molar-refractivity contribution in [3.8, 4) is 5.75 Å². The van der Waals surface area contributed by atoms with E-state index >= 15 is 0 Å². The van der Waals surface area contributed by atoms with Gasteiger partial charge in [-0.25, -0.2) is 0 Å². The Morgan fingerprint density at radius 3 is 2.33 bits per heavy atom. The van der Waals surface area contributed by atoms with E-state index in [2.05, 4.69) is 15.0 Å². The summed E-state index contributed by atoms with van der Waals surface area (Å²) in [6, 6.07) is 15.2. The first-order valence-corrected chi connectivity index (χ1v) is 6.90. The molecule has 0 amide bonds. The quantitative estimate of drug-likeness (QED) is 0.408. The molecule has 0 saturated carbocycles. The molecule has 0 heterocycles. The van der Waals surface area contributed by atoms with Crippen LogP contribution in [-0.4, -0.2) is 18.9 Å². The zero-order valence-electron chi connectivity index (χ0n) is 12.6. The molecule has 0 aliphatic heterocycles. The minimum absolute atomic E-state index is 0. The second-order valence-electron chi connectivity index (χ2n) is 4.66. The van der Waals surface area contributed by atoms with Gasteiger partial charge < -0.3 is 15.8 Å². The lowest BCUT2D eigenvalue weighted by molar-refractivity contribution is -0.274. The topological polar surface area (TPSA) is 59.6 Å². The Kier molecular flexibility index (Phi) is 7.83. The van der Waals surface area contributed by atoms with Crippen molar-refractivity contribution >= 4 is 35.6 Å². The average molecular weight is 451 g/mol. The first kappa shape index (κ1) is 20.1. The Labute approximate surface area is 154 Å². The smallest absolute Gasteiger partial charge is 0.406 e. The average Bonchev–Trinajstić information content (AvgIpc) is 2.48. The maximum absolute atomic E-state index is 12.3. The number of nitrogens with zero attached hydrogens (tertiary/aromatic N) is 1. The van der Waals surface area contributed by atoms with Gasteiger partial charge in [0.05, 0.1) is 0 Å². The van der Waals surface area contributed by atoms with E-state index in [1.54, 1.807) is 12.1 Å². The molecule has 24 heavy (non-hydrogen) atoms. The standard InChI is InChI=1S/C16H16F3N3O.HI/c17-16(18,19)23-14-9-5-4-6-12(14)10-11-21-15(20)22-13-7-2-1-3-8-13;/h1-9H,10-11H2,(H3,20,21,22);1H. The third kappa shape index (κ3) is 7.07. The lowest BCUT2D eigenvalue weighted by atomic mass is 10.1. The normalized spacial score (nSPS) is 11.5. The van der Waals surface area contributed by atoms with Gasteiger partial charge in [0.25, 0.3) is 0 Å². The van der Waals surface area contributed by atoms with E-state index in [1.807, 2.05) is 30.3 Å². The van der Waals surface area contributed by atoms with Crippen LogP contribution in [0.25, 0.3) is 0 Å². The highest BCUT2D eigenvalue weighted by Gasteiger charge is 2.31. The first-order chi connectivity index (χ1) is 10.9. The predicted octanol–water partition coefficient (Wildman–Crippen LogP) is 4.17. The Bertz CT molecular complexity index is 663. The summed E-state index contributed by atoms with van der Waals surface area (Å²) in [5.74, 6) is -0.0183. The van der Waals surface area contributed by atoms with Gasteiger partial charge in [-0.1, -0.05) is 36.4 Å². The predicted molar refractivity (Wildman–Crippen MR) is 98.8 cm³/mol. The van der Waals surface area contributed by atoms with Gasteiger partial charge in [-0.15, -0.1) is 37.1 Å². The molecule has 2 rings (SSSR count). The van der Waals surface area contributed by atoms with E-state index in [0.717, 1.165) is 5.69 Å². The second-order valence-corrected chi connectivity index (χ2v) is 4.66. The molecule has 3 N–H and O–H groups in total. The van der Waals surface area contributed by atoms with Gasteiger partial charge in [-0.3, -0.25) is 4.99 Å². The molecule has 0 saturated heterocycles. The van der Waals surface area contributed by atoms with Crippen molar-refractivity contribution in [1.82, 2.24) is 0 Å². The lowest BCUT2D eigenvalue weighted by Gasteiger charge is -2.12. The zero-order chi connectivity index (χ0) is 16.7. The minimum Gasteiger partial charge on any atom is -0.406 e. The van der Waals surface area contributed by atoms with Crippen molar-refractivity contribution in [1.29, 1.82) is 0 Å². The van der Waals surface area contributed by atoms with Gasteiger partial charge >= 0.3 is 6.36 Å². The molecule has 0 aliphatic carbocycles. The van der Waals surface area contributed by atoms with Crippen LogP contribution in [0.1, 0.15) is 5.56 Å². The highest BCUT2D eigenvalue weighted by atomic mass is 127. The number of ether oxygens (including phenoxy) is 1. The molecule has 0 unspecified atom stereocenters. The van der Waals surface area contributed by atoms with Crippen LogP contribution in [0.4, 0.5) is 18.9 Å². The number of aliphatic imine (C=N–C) groups is 1. The summed E-state index contributed by atoms with van der Waals surface area (Å²) in [7, 11) is 0. The number of para-hydroxylation sites is 2. The number of halogens is 4. The molecule has 0 aromatic heterocycles. The van der Waals surface area contributed by atoms with Crippen molar-refractivity contribution in [2.45, 2.75) is 12.8 Å². The fourth-order valence-electron chi connectivity index (χ4n) is 1.94. The van der Waals surface area contributed by atoms with Gasteiger partial charge in [0.1, 0.15) is 5.75 Å². The van der Waals surface area contributed by atoms with Crippen LogP contribution in [0.2, 0.25) is 0 Å². The third-order valence-electron chi connectivity index (χ3n) is 2.91. The Balaban J connectivity index is 0.00000288. The molecular formula is C16H17F3IN3O. The van der Waals surface area contributed by atoms with E-state index < -0.39 is 6.36 Å². The summed E-state index contributed by atoms with van der Waals surface area (Å²) in [5, 5.41) is 2.90. The summed E-state index contributed by atoms with van der Waals surface area (Å²) in [5.41, 5.74) is 6.94. The number of rotatable bonds is 5. The molecule has 0 spiro atoms. The van der Waals surface area contributed by atoms with Crippen molar-refractivity contribution in [3.05, 3.63) is 60.2 Å². The number of alkyl halides is 3. The van der Waals surface area contributed by atoms with E-state index in [1.165, 1.54) is 12.1 Å². The van der Waals surface area contributed by atoms with E-state index in [0.29, 0.717) is 5.56 Å². The molecular weight excluding hydrogens is 434 g/mol. The monoisotopic (exact) mass is 451 g/mol. The van der Waals surface area contributed by atoms with Crippen LogP contribution in [-0.2, 0) is 6.42 Å². The van der Waals surface area contributed by atoms with Gasteiger partial charge in [-0.05, 0) is 30.2 Å². The lowest BCUT2D eigenvalue weighted by Crippen LogP contribution is -2.23. The van der Waals surface area contributed by atoms with Gasteiger partial charge in [-0.2, -0.15) is 0 Å². The third-order valence-corrected chi connectivity index (χ3v) is 2.91. The number of hydrogen-bond acceptors (Lipinski definition) is 2. The fraction of sp³-hybridized carbons (Fsp3) is 0.188. The van der Waals surface area contributed by atoms with Gasteiger partial charge in [0.15, 0.2) is 5.96 Å². The Hall–Kier alpha value is -1.97. The molecule has 0 fully saturated rings. The van der Waals surface area contributed by atoms with Crippen LogP contribution in [0.3, 0.4) is 0 Å². The summed E-state index contributed by atoms with van der Waals surface area (Å²) in [4.78, 5) is 4.10. The molecule has 0 aliphatic rings. The number of nitrogens with two attached hydrogens (primary N) is 1. The maximum atomic E-state index is 12.3. The molecule has 2 aromatic rings. The Morgan fingerprint density at radius 1 is 1.04 bits per heavy atom. The number of nitrogens with one attached hydrogen (secondary N) is 1. The highest BCUT2D eigenvalue weighted by molar-refractivity contribution is 14.0.